The number of nitrogens with one attached hydrogen (secondary N) is 1. The van der Waals surface area contributed by atoms with Crippen molar-refractivity contribution >= 4 is 28.2 Å². The van der Waals surface area contributed by atoms with E-state index >= 15 is 0 Å². The van der Waals surface area contributed by atoms with Crippen LogP contribution in [0.4, 0.5) is 5.82 Å². The summed E-state index contributed by atoms with van der Waals surface area (Å²) in [5, 5.41) is 5.74. The average molecular weight is 307 g/mol. The maximum atomic E-state index is 6.22. The standard InChI is InChI=1S/C16H19ClN2O2/c1-20-13-2-3-14-12(10-13)4-7-18-15(14)19-16(11-17)5-8-21-9-6-16/h2-4,7,10H,5-6,8-9,11H2,1H3,(H,18,19). The molecule has 1 fully saturated rings. The van der Waals surface area contributed by atoms with E-state index in [9.17, 15) is 0 Å². The Morgan fingerprint density at radius 1 is 1.33 bits per heavy atom. The van der Waals surface area contributed by atoms with Crippen molar-refractivity contribution in [2.75, 3.05) is 31.5 Å². The summed E-state index contributed by atoms with van der Waals surface area (Å²) in [4.78, 5) is 4.50. The second-order valence-electron chi connectivity index (χ2n) is 5.40. The summed E-state index contributed by atoms with van der Waals surface area (Å²) in [7, 11) is 1.67. The third-order valence-corrected chi connectivity index (χ3v) is 4.57. The third kappa shape index (κ3) is 2.92. The lowest BCUT2D eigenvalue weighted by molar-refractivity contribution is 0.0667. The van der Waals surface area contributed by atoms with Crippen molar-refractivity contribution in [1.82, 2.24) is 4.98 Å². The van der Waals surface area contributed by atoms with E-state index in [1.807, 2.05) is 30.5 Å². The Kier molecular flexibility index (Phi) is 4.17. The van der Waals surface area contributed by atoms with Crippen LogP contribution < -0.4 is 10.1 Å². The number of fused-ring (bicyclic) bond motifs is 1. The molecular weight excluding hydrogens is 288 g/mol. The molecule has 0 spiro atoms. The smallest absolute Gasteiger partial charge is 0.134 e. The molecule has 5 heteroatoms. The van der Waals surface area contributed by atoms with Gasteiger partial charge < -0.3 is 14.8 Å². The zero-order chi connectivity index (χ0) is 14.7. The third-order valence-electron chi connectivity index (χ3n) is 4.06. The van der Waals surface area contributed by atoms with Crippen LogP contribution in [0.2, 0.25) is 0 Å². The number of ether oxygens (including phenoxy) is 2. The molecule has 0 amide bonds. The van der Waals surface area contributed by atoms with Gasteiger partial charge in [-0.15, -0.1) is 11.6 Å². The first kappa shape index (κ1) is 14.4. The number of rotatable bonds is 4. The quantitative estimate of drug-likeness (QED) is 0.879. The van der Waals surface area contributed by atoms with Crippen molar-refractivity contribution in [3.63, 3.8) is 0 Å². The number of nitrogens with zero attached hydrogens (tertiary/aromatic N) is 1. The molecule has 1 aliphatic heterocycles. The van der Waals surface area contributed by atoms with Crippen LogP contribution in [0.3, 0.4) is 0 Å². The fourth-order valence-corrected chi connectivity index (χ4v) is 3.02. The van der Waals surface area contributed by atoms with Gasteiger partial charge in [0.25, 0.3) is 0 Å². The second kappa shape index (κ2) is 6.08. The maximum absolute atomic E-state index is 6.22. The molecule has 4 nitrogen and oxygen atoms in total. The van der Waals surface area contributed by atoms with E-state index in [1.165, 1.54) is 0 Å². The highest BCUT2D eigenvalue weighted by Gasteiger charge is 2.32. The molecule has 1 aliphatic rings. The molecule has 0 atom stereocenters. The summed E-state index contributed by atoms with van der Waals surface area (Å²) >= 11 is 6.22. The van der Waals surface area contributed by atoms with Crippen LogP contribution >= 0.6 is 11.6 Å². The molecule has 2 aromatic rings. The van der Waals surface area contributed by atoms with Crippen LogP contribution in [0.25, 0.3) is 10.8 Å². The SMILES string of the molecule is COc1ccc2c(NC3(CCl)CCOCC3)nccc2c1. The first-order valence-corrected chi connectivity index (χ1v) is 7.64. The summed E-state index contributed by atoms with van der Waals surface area (Å²) in [5.41, 5.74) is -0.138. The van der Waals surface area contributed by atoms with Gasteiger partial charge in [0.2, 0.25) is 0 Å². The van der Waals surface area contributed by atoms with Crippen molar-refractivity contribution in [2.45, 2.75) is 18.4 Å². The molecule has 1 N–H and O–H groups in total. The predicted octanol–water partition coefficient (Wildman–Crippen LogP) is 3.44. The van der Waals surface area contributed by atoms with Crippen LogP contribution in [0.1, 0.15) is 12.8 Å². The maximum Gasteiger partial charge on any atom is 0.134 e. The monoisotopic (exact) mass is 306 g/mol. The van der Waals surface area contributed by atoms with Gasteiger partial charge in [-0.05, 0) is 42.5 Å². The van der Waals surface area contributed by atoms with E-state index in [4.69, 9.17) is 21.1 Å². The zero-order valence-electron chi connectivity index (χ0n) is 12.1. The molecule has 3 rings (SSSR count). The summed E-state index contributed by atoms with van der Waals surface area (Å²) in [6.45, 7) is 1.47. The Hall–Kier alpha value is -1.52. The summed E-state index contributed by atoms with van der Waals surface area (Å²) in [6, 6.07) is 7.98. The van der Waals surface area contributed by atoms with Crippen molar-refractivity contribution < 1.29 is 9.47 Å². The Balaban J connectivity index is 1.96. The number of halogens is 1. The van der Waals surface area contributed by atoms with E-state index in [2.05, 4.69) is 10.3 Å². The van der Waals surface area contributed by atoms with Gasteiger partial charge in [-0.1, -0.05) is 0 Å². The minimum absolute atomic E-state index is 0.138. The molecule has 0 radical (unpaired) electrons. The number of aromatic nitrogens is 1. The minimum atomic E-state index is -0.138. The lowest BCUT2D eigenvalue weighted by atomic mass is 9.92. The number of hydrogen-bond donors (Lipinski definition) is 1. The average Bonchev–Trinajstić information content (AvgIpc) is 2.55. The number of hydrogen-bond acceptors (Lipinski definition) is 4. The fourth-order valence-electron chi connectivity index (χ4n) is 2.69. The van der Waals surface area contributed by atoms with Gasteiger partial charge >= 0.3 is 0 Å². The molecule has 1 aromatic carbocycles. The molecule has 0 saturated carbocycles. The molecule has 112 valence electrons. The van der Waals surface area contributed by atoms with Gasteiger partial charge in [0.1, 0.15) is 11.6 Å². The van der Waals surface area contributed by atoms with Gasteiger partial charge in [0, 0.05) is 30.7 Å². The first-order valence-electron chi connectivity index (χ1n) is 7.11. The fraction of sp³-hybridized carbons (Fsp3) is 0.438. The second-order valence-corrected chi connectivity index (χ2v) is 5.67. The number of pyridine rings is 1. The molecule has 1 aromatic heterocycles. The van der Waals surface area contributed by atoms with Crippen LogP contribution in [-0.2, 0) is 4.74 Å². The number of alkyl halides is 1. The highest BCUT2D eigenvalue weighted by atomic mass is 35.5. The van der Waals surface area contributed by atoms with E-state index in [0.717, 1.165) is 48.4 Å². The van der Waals surface area contributed by atoms with Gasteiger partial charge in [-0.3, -0.25) is 0 Å². The van der Waals surface area contributed by atoms with Crippen LogP contribution in [0, 0.1) is 0 Å². The van der Waals surface area contributed by atoms with Gasteiger partial charge in [-0.2, -0.15) is 0 Å². The molecule has 0 bridgehead atoms. The number of benzene rings is 1. The Bertz CT molecular complexity index is 627. The highest BCUT2D eigenvalue weighted by molar-refractivity contribution is 6.19. The number of methoxy groups -OCH3 is 1. The molecule has 0 unspecified atom stereocenters. The van der Waals surface area contributed by atoms with E-state index in [0.29, 0.717) is 5.88 Å². The Morgan fingerprint density at radius 2 is 2.14 bits per heavy atom. The summed E-state index contributed by atoms with van der Waals surface area (Å²) in [5.74, 6) is 2.26. The Labute approximate surface area is 129 Å². The van der Waals surface area contributed by atoms with E-state index in [-0.39, 0.29) is 5.54 Å². The molecule has 21 heavy (non-hydrogen) atoms. The highest BCUT2D eigenvalue weighted by Crippen LogP contribution is 2.31. The molecule has 0 aliphatic carbocycles. The van der Waals surface area contributed by atoms with Gasteiger partial charge in [0.05, 0.1) is 12.6 Å². The van der Waals surface area contributed by atoms with E-state index in [1.54, 1.807) is 7.11 Å². The lowest BCUT2D eigenvalue weighted by Crippen LogP contribution is -2.45. The zero-order valence-corrected chi connectivity index (χ0v) is 12.8. The van der Waals surface area contributed by atoms with Gasteiger partial charge in [0.15, 0.2) is 0 Å². The molecular formula is C16H19ClN2O2. The topological polar surface area (TPSA) is 43.4 Å². The molecule has 1 saturated heterocycles. The van der Waals surface area contributed by atoms with Crippen LogP contribution in [-0.4, -0.2) is 36.7 Å². The lowest BCUT2D eigenvalue weighted by Gasteiger charge is -2.37. The normalized spacial score (nSPS) is 17.6. The van der Waals surface area contributed by atoms with Crippen molar-refractivity contribution in [2.24, 2.45) is 0 Å². The summed E-state index contributed by atoms with van der Waals surface area (Å²) in [6.07, 6.45) is 3.60. The van der Waals surface area contributed by atoms with E-state index < -0.39 is 0 Å². The van der Waals surface area contributed by atoms with Crippen LogP contribution in [0.15, 0.2) is 30.5 Å². The first-order chi connectivity index (χ1) is 10.3. The van der Waals surface area contributed by atoms with Gasteiger partial charge in [-0.25, -0.2) is 4.98 Å². The predicted molar refractivity (Wildman–Crippen MR) is 85.4 cm³/mol. The minimum Gasteiger partial charge on any atom is -0.497 e. The van der Waals surface area contributed by atoms with Crippen molar-refractivity contribution in [3.05, 3.63) is 30.5 Å². The van der Waals surface area contributed by atoms with Crippen molar-refractivity contribution in [1.29, 1.82) is 0 Å². The Morgan fingerprint density at radius 3 is 2.86 bits per heavy atom. The molecule has 2 heterocycles. The summed E-state index contributed by atoms with van der Waals surface area (Å²) < 4.78 is 10.7. The van der Waals surface area contributed by atoms with Crippen molar-refractivity contribution in [3.8, 4) is 5.75 Å². The number of anilines is 1. The largest absolute Gasteiger partial charge is 0.497 e. The van der Waals surface area contributed by atoms with Crippen LogP contribution in [0.5, 0.6) is 5.75 Å².